The third kappa shape index (κ3) is 4.04. The highest BCUT2D eigenvalue weighted by atomic mass is 19.2. The minimum Gasteiger partial charge on any atom is -0.369 e. The zero-order valence-corrected chi connectivity index (χ0v) is 16.0. The average molecular weight is 391 g/mol. The smallest absolute Gasteiger partial charge is 0.220 e. The Hall–Kier alpha value is -2.02. The van der Waals surface area contributed by atoms with Crippen molar-refractivity contribution in [3.05, 3.63) is 29.5 Å². The molecule has 0 atom stereocenters. The summed E-state index contributed by atoms with van der Waals surface area (Å²) < 4.78 is 32.2. The molecule has 0 spiro atoms. The Labute approximate surface area is 163 Å². The third-order valence-electron chi connectivity index (χ3n) is 6.62. The van der Waals surface area contributed by atoms with Gasteiger partial charge in [-0.1, -0.05) is 5.16 Å². The third-order valence-corrected chi connectivity index (χ3v) is 6.62. The highest BCUT2D eigenvalue weighted by Gasteiger charge is 2.28. The summed E-state index contributed by atoms with van der Waals surface area (Å²) in [6.07, 6.45) is 7.09. The number of aromatic nitrogens is 1. The molecule has 1 aliphatic carbocycles. The average Bonchev–Trinajstić information content (AvgIpc) is 3.10. The molecular weight excluding hydrogens is 364 g/mol. The number of hydrogen-bond donors (Lipinski definition) is 1. The minimum atomic E-state index is -0.908. The lowest BCUT2D eigenvalue weighted by atomic mass is 9.80. The van der Waals surface area contributed by atoms with Crippen LogP contribution in [0.3, 0.4) is 0 Å². The van der Waals surface area contributed by atoms with Crippen LogP contribution in [0.25, 0.3) is 11.0 Å². The molecule has 5 nitrogen and oxygen atoms in total. The molecule has 0 unspecified atom stereocenters. The summed E-state index contributed by atoms with van der Waals surface area (Å²) in [6, 6.07) is 2.27. The van der Waals surface area contributed by atoms with E-state index in [9.17, 15) is 13.6 Å². The van der Waals surface area contributed by atoms with E-state index >= 15 is 0 Å². The van der Waals surface area contributed by atoms with Crippen LogP contribution in [0.15, 0.2) is 16.7 Å². The molecule has 2 aromatic rings. The Bertz CT molecular complexity index is 838. The Morgan fingerprint density at radius 1 is 1.11 bits per heavy atom. The second kappa shape index (κ2) is 8.15. The number of amides is 1. The number of likely N-dealkylation sites (tertiary alicyclic amines) is 1. The van der Waals surface area contributed by atoms with Crippen LogP contribution in [0, 0.1) is 23.5 Å². The molecule has 1 aromatic carbocycles. The predicted molar refractivity (Wildman–Crippen MR) is 102 cm³/mol. The molecule has 2 heterocycles. The zero-order chi connectivity index (χ0) is 19.7. The van der Waals surface area contributed by atoms with Gasteiger partial charge >= 0.3 is 0 Å². The molecule has 152 valence electrons. The van der Waals surface area contributed by atoms with Gasteiger partial charge in [-0.05, 0) is 76.6 Å². The van der Waals surface area contributed by atoms with Gasteiger partial charge in [-0.3, -0.25) is 4.79 Å². The van der Waals surface area contributed by atoms with Gasteiger partial charge in [0, 0.05) is 23.3 Å². The largest absolute Gasteiger partial charge is 0.369 e. The minimum absolute atomic E-state index is 0.0718. The van der Waals surface area contributed by atoms with Crippen LogP contribution in [0.5, 0.6) is 0 Å². The number of fused-ring (bicyclic) bond motifs is 1. The van der Waals surface area contributed by atoms with Crippen LogP contribution in [0.4, 0.5) is 8.78 Å². The van der Waals surface area contributed by atoms with E-state index in [1.165, 1.54) is 6.07 Å². The molecule has 28 heavy (non-hydrogen) atoms. The SMILES string of the molecule is NC(=O)C1CCC(CCN2CCC(c3noc4cc(F)c(F)cc34)CC2)CC1. The van der Waals surface area contributed by atoms with E-state index in [2.05, 4.69) is 10.1 Å². The first-order chi connectivity index (χ1) is 13.5. The fraction of sp³-hybridized carbons (Fsp3) is 0.619. The number of piperidine rings is 1. The molecule has 1 aromatic heterocycles. The van der Waals surface area contributed by atoms with E-state index in [1.807, 2.05) is 0 Å². The molecule has 0 radical (unpaired) electrons. The molecule has 2 fully saturated rings. The standard InChI is InChI=1S/C21H27F2N3O2/c22-17-11-16-19(12-18(17)23)28-25-20(16)14-6-9-26(10-7-14)8-5-13-1-3-15(4-2-13)21(24)27/h11-15H,1-10H2,(H2,24,27). The molecule has 1 saturated carbocycles. The second-order valence-corrected chi connectivity index (χ2v) is 8.35. The first-order valence-electron chi connectivity index (χ1n) is 10.3. The first-order valence-corrected chi connectivity index (χ1v) is 10.3. The van der Waals surface area contributed by atoms with Crippen molar-refractivity contribution in [1.29, 1.82) is 0 Å². The van der Waals surface area contributed by atoms with Crippen LogP contribution in [0.2, 0.25) is 0 Å². The lowest BCUT2D eigenvalue weighted by molar-refractivity contribution is -0.123. The van der Waals surface area contributed by atoms with E-state index in [-0.39, 0.29) is 17.7 Å². The maximum Gasteiger partial charge on any atom is 0.220 e. The maximum absolute atomic E-state index is 13.6. The van der Waals surface area contributed by atoms with Crippen LogP contribution in [0.1, 0.15) is 56.6 Å². The van der Waals surface area contributed by atoms with Gasteiger partial charge in [0.1, 0.15) is 0 Å². The number of nitrogens with two attached hydrogens (primary N) is 1. The Balaban J connectivity index is 1.27. The lowest BCUT2D eigenvalue weighted by Crippen LogP contribution is -2.35. The van der Waals surface area contributed by atoms with Crippen LogP contribution >= 0.6 is 0 Å². The summed E-state index contributed by atoms with van der Waals surface area (Å²) in [4.78, 5) is 13.7. The fourth-order valence-electron chi connectivity index (χ4n) is 4.78. The normalized spacial score (nSPS) is 24.6. The number of rotatable bonds is 5. The number of primary amides is 1. The highest BCUT2D eigenvalue weighted by Crippen LogP contribution is 2.34. The lowest BCUT2D eigenvalue weighted by Gasteiger charge is -2.33. The van der Waals surface area contributed by atoms with Crippen LogP contribution < -0.4 is 5.73 Å². The van der Waals surface area contributed by atoms with Gasteiger partial charge < -0.3 is 15.2 Å². The Kier molecular flexibility index (Phi) is 5.62. The van der Waals surface area contributed by atoms with Gasteiger partial charge in [0.05, 0.1) is 5.69 Å². The molecule has 0 bridgehead atoms. The van der Waals surface area contributed by atoms with E-state index in [0.717, 1.165) is 76.3 Å². The van der Waals surface area contributed by atoms with Gasteiger partial charge in [-0.2, -0.15) is 0 Å². The number of carbonyl (C=O) groups excluding carboxylic acids is 1. The quantitative estimate of drug-likeness (QED) is 0.837. The maximum atomic E-state index is 13.6. The number of carbonyl (C=O) groups is 1. The summed E-state index contributed by atoms with van der Waals surface area (Å²) in [5.41, 5.74) is 6.47. The van der Waals surface area contributed by atoms with Gasteiger partial charge in [0.15, 0.2) is 17.2 Å². The molecule has 2 aliphatic rings. The van der Waals surface area contributed by atoms with Crippen molar-refractivity contribution in [3.63, 3.8) is 0 Å². The summed E-state index contributed by atoms with van der Waals surface area (Å²) in [5, 5.41) is 4.69. The second-order valence-electron chi connectivity index (χ2n) is 8.35. The van der Waals surface area contributed by atoms with Crippen molar-refractivity contribution < 1.29 is 18.1 Å². The van der Waals surface area contributed by atoms with Crippen molar-refractivity contribution in [2.24, 2.45) is 17.6 Å². The van der Waals surface area contributed by atoms with Gasteiger partial charge in [0.25, 0.3) is 0 Å². The van der Waals surface area contributed by atoms with Gasteiger partial charge in [-0.25, -0.2) is 8.78 Å². The van der Waals surface area contributed by atoms with Crippen LogP contribution in [-0.4, -0.2) is 35.6 Å². The highest BCUT2D eigenvalue weighted by molar-refractivity contribution is 5.80. The molecular formula is C21H27F2N3O2. The predicted octanol–water partition coefficient (Wildman–Crippen LogP) is 3.97. The molecule has 1 aliphatic heterocycles. The molecule has 2 N–H and O–H groups in total. The van der Waals surface area contributed by atoms with E-state index in [4.69, 9.17) is 10.3 Å². The van der Waals surface area contributed by atoms with E-state index < -0.39 is 11.6 Å². The van der Waals surface area contributed by atoms with Crippen molar-refractivity contribution in [3.8, 4) is 0 Å². The molecule has 4 rings (SSSR count). The Morgan fingerprint density at radius 3 is 2.46 bits per heavy atom. The monoisotopic (exact) mass is 391 g/mol. The van der Waals surface area contributed by atoms with E-state index in [0.29, 0.717) is 16.9 Å². The first kappa shape index (κ1) is 19.3. The summed E-state index contributed by atoms with van der Waals surface area (Å²) in [5.74, 6) is -0.944. The summed E-state index contributed by atoms with van der Waals surface area (Å²) in [6.45, 7) is 3.01. The molecule has 1 amide bonds. The van der Waals surface area contributed by atoms with Gasteiger partial charge in [-0.15, -0.1) is 0 Å². The van der Waals surface area contributed by atoms with Crippen molar-refractivity contribution in [1.82, 2.24) is 10.1 Å². The van der Waals surface area contributed by atoms with Gasteiger partial charge in [0.2, 0.25) is 5.91 Å². The Morgan fingerprint density at radius 2 is 1.79 bits per heavy atom. The fourth-order valence-corrected chi connectivity index (χ4v) is 4.78. The number of hydrogen-bond acceptors (Lipinski definition) is 4. The summed E-state index contributed by atoms with van der Waals surface area (Å²) in [7, 11) is 0. The van der Waals surface area contributed by atoms with Crippen molar-refractivity contribution in [2.75, 3.05) is 19.6 Å². The summed E-state index contributed by atoms with van der Waals surface area (Å²) >= 11 is 0. The molecule has 1 saturated heterocycles. The number of benzene rings is 1. The van der Waals surface area contributed by atoms with Crippen molar-refractivity contribution >= 4 is 16.9 Å². The number of nitrogens with zero attached hydrogens (tertiary/aromatic N) is 2. The van der Waals surface area contributed by atoms with E-state index in [1.54, 1.807) is 0 Å². The zero-order valence-electron chi connectivity index (χ0n) is 16.0. The molecule has 7 heteroatoms. The number of halogens is 2. The topological polar surface area (TPSA) is 72.4 Å². The van der Waals surface area contributed by atoms with Crippen molar-refractivity contribution in [2.45, 2.75) is 50.9 Å². The van der Waals surface area contributed by atoms with Crippen LogP contribution in [-0.2, 0) is 4.79 Å².